The highest BCUT2D eigenvalue weighted by Gasteiger charge is 1.71. The second-order valence-corrected chi connectivity index (χ2v) is 1.50. The van der Waals surface area contributed by atoms with Crippen LogP contribution in [0.4, 0.5) is 0 Å². The molecule has 8 heavy (non-hydrogen) atoms. The molecule has 0 unspecified atom stereocenters. The predicted octanol–water partition coefficient (Wildman–Crippen LogP) is 0.538. The van der Waals surface area contributed by atoms with Gasteiger partial charge in [0.1, 0.15) is 0 Å². The number of ether oxygens (including phenoxy) is 1. The lowest BCUT2D eigenvalue weighted by Crippen LogP contribution is -1.95. The Bertz CT molecular complexity index is 53.5. The summed E-state index contributed by atoms with van der Waals surface area (Å²) in [5, 5.41) is 0. The van der Waals surface area contributed by atoms with Crippen molar-refractivity contribution in [2.24, 2.45) is 5.73 Å². The molecule has 0 heterocycles. The van der Waals surface area contributed by atoms with Gasteiger partial charge in [0.05, 0.1) is 6.61 Å². The fourth-order valence-corrected chi connectivity index (χ4v) is 0.378. The summed E-state index contributed by atoms with van der Waals surface area (Å²) < 4.78 is 4.76. The summed E-state index contributed by atoms with van der Waals surface area (Å²) in [6.07, 6.45) is 4.93. The highest BCUT2D eigenvalue weighted by atomic mass is 16.5. The average molecular weight is 115 g/mol. The van der Waals surface area contributed by atoms with Gasteiger partial charge in [-0.15, -0.1) is 0 Å². The molecule has 48 valence electrons. The molecule has 0 bridgehead atoms. The maximum absolute atomic E-state index is 5.22. The van der Waals surface area contributed by atoms with Gasteiger partial charge < -0.3 is 10.5 Å². The molecule has 2 nitrogen and oxygen atoms in total. The Labute approximate surface area is 50.3 Å². The predicted molar refractivity (Wildman–Crippen MR) is 34.7 cm³/mol. The van der Waals surface area contributed by atoms with Crippen LogP contribution < -0.4 is 5.73 Å². The Balaban J connectivity index is 2.83. The number of nitrogens with two attached hydrogens (primary N) is 1. The van der Waals surface area contributed by atoms with E-state index in [2.05, 4.69) is 0 Å². The SMILES string of the molecule is COC/C=C/CCN. The quantitative estimate of drug-likeness (QED) is 0.543. The Hall–Kier alpha value is -0.340. The Morgan fingerprint density at radius 1 is 1.50 bits per heavy atom. The number of hydrogen-bond acceptors (Lipinski definition) is 2. The third-order valence-corrected chi connectivity index (χ3v) is 0.763. The molecule has 0 radical (unpaired) electrons. The van der Waals surface area contributed by atoms with Crippen molar-refractivity contribution in [3.05, 3.63) is 12.2 Å². The summed E-state index contributed by atoms with van der Waals surface area (Å²) in [4.78, 5) is 0. The Morgan fingerprint density at radius 3 is 2.75 bits per heavy atom. The third kappa shape index (κ3) is 5.66. The van der Waals surface area contributed by atoms with Gasteiger partial charge in [-0.1, -0.05) is 12.2 Å². The molecule has 0 aliphatic carbocycles. The van der Waals surface area contributed by atoms with Crippen LogP contribution in [0.15, 0.2) is 12.2 Å². The van der Waals surface area contributed by atoms with E-state index >= 15 is 0 Å². The van der Waals surface area contributed by atoms with Gasteiger partial charge in [0.2, 0.25) is 0 Å². The van der Waals surface area contributed by atoms with Crippen molar-refractivity contribution in [1.82, 2.24) is 0 Å². The first-order valence-corrected chi connectivity index (χ1v) is 2.76. The fourth-order valence-electron chi connectivity index (χ4n) is 0.378. The molecule has 0 atom stereocenters. The molecule has 0 saturated heterocycles. The van der Waals surface area contributed by atoms with Gasteiger partial charge in [0.15, 0.2) is 0 Å². The zero-order valence-corrected chi connectivity index (χ0v) is 5.26. The molecular formula is C6H13NO. The van der Waals surface area contributed by atoms with Gasteiger partial charge >= 0.3 is 0 Å². The van der Waals surface area contributed by atoms with E-state index < -0.39 is 0 Å². The van der Waals surface area contributed by atoms with Gasteiger partial charge in [-0.2, -0.15) is 0 Å². The molecule has 0 amide bonds. The summed E-state index contributed by atoms with van der Waals surface area (Å²) in [5.74, 6) is 0. The maximum Gasteiger partial charge on any atom is 0.0643 e. The molecule has 0 aromatic carbocycles. The maximum atomic E-state index is 5.22. The minimum Gasteiger partial charge on any atom is -0.381 e. The number of hydrogen-bond donors (Lipinski definition) is 1. The zero-order chi connectivity index (χ0) is 6.24. The van der Waals surface area contributed by atoms with Gasteiger partial charge in [-0.3, -0.25) is 0 Å². The molecule has 0 spiro atoms. The van der Waals surface area contributed by atoms with E-state index in [1.54, 1.807) is 7.11 Å². The smallest absolute Gasteiger partial charge is 0.0643 e. The lowest BCUT2D eigenvalue weighted by molar-refractivity contribution is 0.233. The molecule has 0 saturated carbocycles. The number of rotatable bonds is 4. The van der Waals surface area contributed by atoms with E-state index in [0.29, 0.717) is 6.61 Å². The number of methoxy groups -OCH3 is 1. The zero-order valence-electron chi connectivity index (χ0n) is 5.26. The monoisotopic (exact) mass is 115 g/mol. The standard InChI is InChI=1S/C6H13NO/c1-8-6-4-2-3-5-7/h2,4H,3,5-7H2,1H3/b4-2+. The fraction of sp³-hybridized carbons (Fsp3) is 0.667. The van der Waals surface area contributed by atoms with Crippen LogP contribution in [0.2, 0.25) is 0 Å². The van der Waals surface area contributed by atoms with Crippen molar-refractivity contribution in [3.63, 3.8) is 0 Å². The summed E-state index contributed by atoms with van der Waals surface area (Å²) in [7, 11) is 1.67. The van der Waals surface area contributed by atoms with Crippen molar-refractivity contribution in [2.75, 3.05) is 20.3 Å². The van der Waals surface area contributed by atoms with E-state index in [1.807, 2.05) is 12.2 Å². The lowest BCUT2D eigenvalue weighted by Gasteiger charge is -1.86. The average Bonchev–Trinajstić information content (AvgIpc) is 1.81. The first-order chi connectivity index (χ1) is 3.91. The lowest BCUT2D eigenvalue weighted by atomic mass is 10.4. The third-order valence-electron chi connectivity index (χ3n) is 0.763. The van der Waals surface area contributed by atoms with Crippen LogP contribution >= 0.6 is 0 Å². The van der Waals surface area contributed by atoms with Gasteiger partial charge in [-0.25, -0.2) is 0 Å². The van der Waals surface area contributed by atoms with Crippen LogP contribution in [0.5, 0.6) is 0 Å². The highest BCUT2D eigenvalue weighted by molar-refractivity contribution is 4.81. The molecule has 0 aromatic rings. The summed E-state index contributed by atoms with van der Waals surface area (Å²) in [6.45, 7) is 1.42. The van der Waals surface area contributed by atoms with Crippen LogP contribution in [0.1, 0.15) is 6.42 Å². The molecule has 0 aromatic heterocycles. The van der Waals surface area contributed by atoms with Crippen molar-refractivity contribution < 1.29 is 4.74 Å². The van der Waals surface area contributed by atoms with Crippen molar-refractivity contribution >= 4 is 0 Å². The van der Waals surface area contributed by atoms with E-state index in [-0.39, 0.29) is 0 Å². The van der Waals surface area contributed by atoms with Crippen molar-refractivity contribution in [2.45, 2.75) is 6.42 Å². The van der Waals surface area contributed by atoms with Crippen LogP contribution in [-0.2, 0) is 4.74 Å². The highest BCUT2D eigenvalue weighted by Crippen LogP contribution is 1.78. The van der Waals surface area contributed by atoms with Crippen LogP contribution in [0.3, 0.4) is 0 Å². The summed E-state index contributed by atoms with van der Waals surface area (Å²) in [5.41, 5.74) is 5.22. The largest absolute Gasteiger partial charge is 0.381 e. The topological polar surface area (TPSA) is 35.2 Å². The molecule has 2 heteroatoms. The molecule has 2 N–H and O–H groups in total. The minimum absolute atomic E-state index is 0.694. The van der Waals surface area contributed by atoms with Crippen LogP contribution in [-0.4, -0.2) is 20.3 Å². The van der Waals surface area contributed by atoms with Gasteiger partial charge in [0, 0.05) is 7.11 Å². The van der Waals surface area contributed by atoms with E-state index in [0.717, 1.165) is 13.0 Å². The van der Waals surface area contributed by atoms with Crippen LogP contribution in [0.25, 0.3) is 0 Å². The van der Waals surface area contributed by atoms with Crippen molar-refractivity contribution in [3.8, 4) is 0 Å². The first-order valence-electron chi connectivity index (χ1n) is 2.76. The van der Waals surface area contributed by atoms with E-state index in [9.17, 15) is 0 Å². The normalized spacial score (nSPS) is 10.8. The molecule has 0 rings (SSSR count). The molecular weight excluding hydrogens is 102 g/mol. The van der Waals surface area contributed by atoms with Crippen LogP contribution in [0, 0.1) is 0 Å². The molecule has 0 aliphatic heterocycles. The second kappa shape index (κ2) is 6.66. The molecule has 0 aliphatic rings. The Kier molecular flexibility index (Phi) is 6.38. The summed E-state index contributed by atoms with van der Waals surface area (Å²) >= 11 is 0. The second-order valence-electron chi connectivity index (χ2n) is 1.50. The first kappa shape index (κ1) is 7.66. The van der Waals surface area contributed by atoms with Gasteiger partial charge in [-0.05, 0) is 13.0 Å². The Morgan fingerprint density at radius 2 is 2.25 bits per heavy atom. The molecule has 0 fully saturated rings. The van der Waals surface area contributed by atoms with Crippen molar-refractivity contribution in [1.29, 1.82) is 0 Å². The van der Waals surface area contributed by atoms with Gasteiger partial charge in [0.25, 0.3) is 0 Å². The van der Waals surface area contributed by atoms with E-state index in [4.69, 9.17) is 10.5 Å². The van der Waals surface area contributed by atoms with E-state index in [1.165, 1.54) is 0 Å². The minimum atomic E-state index is 0.694. The summed E-state index contributed by atoms with van der Waals surface area (Å²) in [6, 6.07) is 0.